The highest BCUT2D eigenvalue weighted by atomic mass is 19.4. The first-order chi connectivity index (χ1) is 19.5. The minimum Gasteiger partial charge on any atom is -0.490 e. The van der Waals surface area contributed by atoms with E-state index < -0.39 is 47.3 Å². The number of amides is 1. The largest absolute Gasteiger partial charge is 0.490 e. The molecule has 0 unspecified atom stereocenters. The van der Waals surface area contributed by atoms with Crippen LogP contribution in [0.5, 0.6) is 5.75 Å². The van der Waals surface area contributed by atoms with Crippen molar-refractivity contribution in [2.45, 2.75) is 100 Å². The highest BCUT2D eigenvalue weighted by Crippen LogP contribution is 2.43. The molecule has 2 heterocycles. The summed E-state index contributed by atoms with van der Waals surface area (Å²) in [7, 11) is 1.51. The van der Waals surface area contributed by atoms with Crippen molar-refractivity contribution >= 4 is 11.9 Å². The first-order valence-corrected chi connectivity index (χ1v) is 14.8. The lowest BCUT2D eigenvalue weighted by Gasteiger charge is -2.31. The van der Waals surface area contributed by atoms with Gasteiger partial charge in [-0.3, -0.25) is 14.5 Å². The van der Waals surface area contributed by atoms with E-state index in [1.165, 1.54) is 18.1 Å². The number of hydrogen-bond donors (Lipinski definition) is 1. The first kappa shape index (κ1) is 30.1. The van der Waals surface area contributed by atoms with Gasteiger partial charge in [-0.2, -0.15) is 13.2 Å². The van der Waals surface area contributed by atoms with Crippen LogP contribution < -0.4 is 4.74 Å². The Bertz CT molecular complexity index is 1100. The highest BCUT2D eigenvalue weighted by molar-refractivity contribution is 5.86. The normalized spacial score (nSPS) is 31.6. The van der Waals surface area contributed by atoms with Crippen molar-refractivity contribution in [1.29, 1.82) is 0 Å². The molecule has 1 aromatic carbocycles. The van der Waals surface area contributed by atoms with Crippen molar-refractivity contribution in [3.63, 3.8) is 0 Å². The number of aliphatic carboxylic acids is 1. The van der Waals surface area contributed by atoms with Crippen molar-refractivity contribution < 1.29 is 41.7 Å². The number of carboxylic acid groups (broad SMARTS) is 1. The van der Waals surface area contributed by atoms with Crippen LogP contribution in [0.1, 0.15) is 81.3 Å². The van der Waals surface area contributed by atoms with E-state index in [0.29, 0.717) is 50.3 Å². The lowest BCUT2D eigenvalue weighted by Crippen LogP contribution is -2.51. The third kappa shape index (κ3) is 6.50. The number of halogens is 4. The molecule has 7 nitrogen and oxygen atoms in total. The Morgan fingerprint density at radius 2 is 1.80 bits per heavy atom. The minimum atomic E-state index is -4.57. The van der Waals surface area contributed by atoms with E-state index >= 15 is 4.39 Å². The van der Waals surface area contributed by atoms with Gasteiger partial charge < -0.3 is 19.5 Å². The predicted molar refractivity (Wildman–Crippen MR) is 142 cm³/mol. The Morgan fingerprint density at radius 1 is 1.10 bits per heavy atom. The average Bonchev–Trinajstić information content (AvgIpc) is 3.69. The molecule has 2 saturated heterocycles. The molecule has 4 fully saturated rings. The maximum absolute atomic E-state index is 16.2. The minimum absolute atomic E-state index is 0.0744. The second-order valence-electron chi connectivity index (χ2n) is 12.3. The molecule has 2 aliphatic heterocycles. The monoisotopic (exact) mass is 584 g/mol. The van der Waals surface area contributed by atoms with E-state index in [1.807, 2.05) is 0 Å². The quantitative estimate of drug-likeness (QED) is 0.412. The lowest BCUT2D eigenvalue weighted by atomic mass is 9.87. The van der Waals surface area contributed by atoms with E-state index in [-0.39, 0.29) is 37.8 Å². The maximum atomic E-state index is 16.2. The van der Waals surface area contributed by atoms with Crippen LogP contribution in [-0.2, 0) is 20.5 Å². The average molecular weight is 585 g/mol. The zero-order valence-corrected chi connectivity index (χ0v) is 23.5. The van der Waals surface area contributed by atoms with Crippen LogP contribution in [0.15, 0.2) is 18.2 Å². The van der Waals surface area contributed by atoms with Crippen molar-refractivity contribution in [2.75, 3.05) is 33.4 Å². The van der Waals surface area contributed by atoms with Crippen LogP contribution in [0, 0.1) is 5.92 Å². The van der Waals surface area contributed by atoms with E-state index in [4.69, 9.17) is 9.47 Å². The number of nitrogens with zero attached hydrogens (tertiary/aromatic N) is 2. The van der Waals surface area contributed by atoms with Gasteiger partial charge in [0.05, 0.1) is 30.2 Å². The van der Waals surface area contributed by atoms with Crippen LogP contribution in [-0.4, -0.2) is 84.0 Å². The number of carbonyl (C=O) groups excluding carboxylic acids is 1. The fourth-order valence-corrected chi connectivity index (χ4v) is 7.31. The number of carboxylic acids is 1. The van der Waals surface area contributed by atoms with Gasteiger partial charge in [-0.1, -0.05) is 18.9 Å². The molecule has 41 heavy (non-hydrogen) atoms. The molecule has 5 rings (SSSR count). The summed E-state index contributed by atoms with van der Waals surface area (Å²) in [5, 5.41) is 9.29. The van der Waals surface area contributed by atoms with Gasteiger partial charge in [0.1, 0.15) is 5.75 Å². The van der Waals surface area contributed by atoms with Crippen LogP contribution in [0.4, 0.5) is 17.6 Å². The molecule has 0 bridgehead atoms. The molecular formula is C30H40F4N2O5. The van der Waals surface area contributed by atoms with E-state index in [9.17, 15) is 27.9 Å². The number of rotatable bonds is 8. The number of alkyl halides is 4. The Morgan fingerprint density at radius 3 is 2.44 bits per heavy atom. The molecule has 0 spiro atoms. The number of ether oxygens (including phenoxy) is 2. The fraction of sp³-hybridized carbons (Fsp3) is 0.733. The lowest BCUT2D eigenvalue weighted by molar-refractivity contribution is -0.145. The van der Waals surface area contributed by atoms with Crippen molar-refractivity contribution in [3.05, 3.63) is 29.3 Å². The Balaban J connectivity index is 1.35. The SMILES string of the molecule is COC[C@@H]1C[C@@H](c2ccc(C(F)(F)F)cc2OC2CCC(C(=O)O)CC2)CN1C(=O)[C@@]1(F)CCN(C2CCCC2)C1. The highest BCUT2D eigenvalue weighted by Gasteiger charge is 2.52. The molecule has 1 aromatic rings. The van der Waals surface area contributed by atoms with Crippen LogP contribution in [0.2, 0.25) is 0 Å². The number of methoxy groups -OCH3 is 1. The molecule has 2 saturated carbocycles. The summed E-state index contributed by atoms with van der Waals surface area (Å²) in [5.41, 5.74) is -2.29. The number of carbonyl (C=O) groups is 2. The van der Waals surface area contributed by atoms with Crippen molar-refractivity contribution in [1.82, 2.24) is 9.80 Å². The molecule has 3 atom stereocenters. The molecule has 1 N–H and O–H groups in total. The van der Waals surface area contributed by atoms with Gasteiger partial charge in [-0.25, -0.2) is 4.39 Å². The van der Waals surface area contributed by atoms with E-state index in [2.05, 4.69) is 4.90 Å². The molecule has 228 valence electrons. The van der Waals surface area contributed by atoms with Crippen LogP contribution >= 0.6 is 0 Å². The third-order valence-electron chi connectivity index (χ3n) is 9.61. The first-order valence-electron chi connectivity index (χ1n) is 14.8. The Kier molecular flexibility index (Phi) is 8.85. The standard InChI is InChI=1S/C30H40F4N2O5/c1-40-17-23-14-20(16-36(23)28(39)29(31)12-13-35(18-29)22-4-2-3-5-22)25-11-8-21(30(32,33)34)15-26(25)41-24-9-6-19(7-10-24)27(37)38/h8,11,15,19-20,22-24H,2-7,9-10,12-14,16-18H2,1H3,(H,37,38)/t19?,20-,23+,24?,29-/m1/s1. The second-order valence-corrected chi connectivity index (χ2v) is 12.3. The van der Waals surface area contributed by atoms with Gasteiger partial charge in [0, 0.05) is 45.1 Å². The van der Waals surface area contributed by atoms with Crippen molar-refractivity contribution in [3.8, 4) is 5.75 Å². The second kappa shape index (κ2) is 12.1. The molecule has 11 heteroatoms. The molecule has 0 radical (unpaired) electrons. The van der Waals surface area contributed by atoms with Gasteiger partial charge in [-0.05, 0) is 62.6 Å². The zero-order valence-electron chi connectivity index (χ0n) is 23.5. The molecule has 2 aliphatic carbocycles. The summed E-state index contributed by atoms with van der Waals surface area (Å²) in [6, 6.07) is 3.34. The predicted octanol–water partition coefficient (Wildman–Crippen LogP) is 5.42. The smallest absolute Gasteiger partial charge is 0.416 e. The van der Waals surface area contributed by atoms with Gasteiger partial charge >= 0.3 is 12.1 Å². The zero-order chi connectivity index (χ0) is 29.4. The van der Waals surface area contributed by atoms with E-state index in [1.54, 1.807) is 0 Å². The molecular weight excluding hydrogens is 544 g/mol. The van der Waals surface area contributed by atoms with Gasteiger partial charge in [-0.15, -0.1) is 0 Å². The van der Waals surface area contributed by atoms with Gasteiger partial charge in [0.15, 0.2) is 0 Å². The molecule has 0 aromatic heterocycles. The summed E-state index contributed by atoms with van der Waals surface area (Å²) in [6.45, 7) is 0.973. The Labute approximate surface area is 238 Å². The summed E-state index contributed by atoms with van der Waals surface area (Å²) in [4.78, 5) is 28.7. The summed E-state index contributed by atoms with van der Waals surface area (Å²) in [5.74, 6) is -2.18. The molecule has 4 aliphatic rings. The summed E-state index contributed by atoms with van der Waals surface area (Å²) in [6.07, 6.45) is 1.51. The van der Waals surface area contributed by atoms with E-state index in [0.717, 1.165) is 37.8 Å². The Hall–Kier alpha value is -2.40. The summed E-state index contributed by atoms with van der Waals surface area (Å²) >= 11 is 0. The van der Waals surface area contributed by atoms with Gasteiger partial charge in [0.25, 0.3) is 5.91 Å². The third-order valence-corrected chi connectivity index (χ3v) is 9.61. The van der Waals surface area contributed by atoms with Crippen LogP contribution in [0.25, 0.3) is 0 Å². The number of hydrogen-bond acceptors (Lipinski definition) is 5. The summed E-state index contributed by atoms with van der Waals surface area (Å²) < 4.78 is 68.7. The number of likely N-dealkylation sites (tertiary alicyclic amines) is 2. The van der Waals surface area contributed by atoms with Gasteiger partial charge in [0.2, 0.25) is 5.67 Å². The fourth-order valence-electron chi connectivity index (χ4n) is 7.31. The number of benzene rings is 1. The van der Waals surface area contributed by atoms with Crippen molar-refractivity contribution in [2.24, 2.45) is 5.92 Å². The molecule has 1 amide bonds. The maximum Gasteiger partial charge on any atom is 0.416 e. The van der Waals surface area contributed by atoms with Crippen LogP contribution in [0.3, 0.4) is 0 Å². The topological polar surface area (TPSA) is 79.3 Å².